The third-order valence-corrected chi connectivity index (χ3v) is 7.26. The van der Waals surface area contributed by atoms with Crippen molar-refractivity contribution in [3.63, 3.8) is 0 Å². The minimum atomic E-state index is -0.495. The summed E-state index contributed by atoms with van der Waals surface area (Å²) < 4.78 is 1.000. The third-order valence-electron chi connectivity index (χ3n) is 5.93. The summed E-state index contributed by atoms with van der Waals surface area (Å²) >= 11 is 22.3. The molecule has 1 aliphatic rings. The number of amides is 1. The van der Waals surface area contributed by atoms with Crippen LogP contribution in [0.25, 0.3) is 10.9 Å². The number of azo groups is 1. The van der Waals surface area contributed by atoms with Gasteiger partial charge in [-0.15, -0.1) is 0 Å². The number of fused-ring (bicyclic) bond motifs is 1. The molecule has 9 heteroatoms. The van der Waals surface area contributed by atoms with Crippen LogP contribution < -0.4 is 5.32 Å². The van der Waals surface area contributed by atoms with Crippen LogP contribution in [0.3, 0.4) is 0 Å². The number of nitrogens with zero attached hydrogens (tertiary/aromatic N) is 2. The van der Waals surface area contributed by atoms with Gasteiger partial charge < -0.3 is 10.3 Å². The summed E-state index contributed by atoms with van der Waals surface area (Å²) in [5.41, 5.74) is 3.11. The Bertz CT molecular complexity index is 1400. The van der Waals surface area contributed by atoms with Crippen LogP contribution in [0.2, 0.25) is 15.1 Å². The highest BCUT2D eigenvalue weighted by Crippen LogP contribution is 2.39. The molecule has 2 N–H and O–H groups in total. The summed E-state index contributed by atoms with van der Waals surface area (Å²) in [5.74, 6) is -0.258. The first-order valence-electron chi connectivity index (χ1n) is 10.6. The fourth-order valence-electron chi connectivity index (χ4n) is 4.21. The normalized spacial score (nSPS) is 18.4. The second-order valence-electron chi connectivity index (χ2n) is 8.11. The lowest BCUT2D eigenvalue weighted by atomic mass is 9.93. The van der Waals surface area contributed by atoms with Gasteiger partial charge in [-0.05, 0) is 53.6 Å². The Morgan fingerprint density at radius 2 is 1.74 bits per heavy atom. The molecule has 3 aromatic carbocycles. The van der Waals surface area contributed by atoms with E-state index in [9.17, 15) is 4.79 Å². The van der Waals surface area contributed by atoms with E-state index in [2.05, 4.69) is 36.5 Å². The standard InChI is InChI=1S/C25H18BrCl3N4O/c26-14-3-1-13(2-4-14)22-11-23(33-32-22)24(17-7-5-16(28)10-20(17)29)31-25(34)19-12-30-21-8-6-15(27)9-18(19)21/h1-10,12,22-24,30H,11H2,(H,31,34). The maximum Gasteiger partial charge on any atom is 0.254 e. The average molecular weight is 577 g/mol. The molecule has 172 valence electrons. The number of hydrogen-bond acceptors (Lipinski definition) is 3. The number of carbonyl (C=O) groups excluding carboxylic acids is 1. The summed E-state index contributed by atoms with van der Waals surface area (Å²) in [6.07, 6.45) is 2.31. The molecule has 3 atom stereocenters. The first-order chi connectivity index (χ1) is 16.4. The fourth-order valence-corrected chi connectivity index (χ4v) is 5.18. The predicted octanol–water partition coefficient (Wildman–Crippen LogP) is 8.33. The topological polar surface area (TPSA) is 69.6 Å². The van der Waals surface area contributed by atoms with Gasteiger partial charge in [-0.3, -0.25) is 4.79 Å². The molecule has 5 rings (SSSR count). The summed E-state index contributed by atoms with van der Waals surface area (Å²) in [6.45, 7) is 0. The van der Waals surface area contributed by atoms with Crippen molar-refractivity contribution in [2.45, 2.75) is 24.5 Å². The van der Waals surface area contributed by atoms with E-state index in [1.54, 1.807) is 30.5 Å². The van der Waals surface area contributed by atoms with Crippen LogP contribution in [0.5, 0.6) is 0 Å². The van der Waals surface area contributed by atoms with Crippen molar-refractivity contribution in [1.82, 2.24) is 10.3 Å². The number of benzene rings is 3. The number of nitrogens with one attached hydrogen (secondary N) is 2. The van der Waals surface area contributed by atoms with Gasteiger partial charge in [-0.1, -0.05) is 68.9 Å². The van der Waals surface area contributed by atoms with Crippen molar-refractivity contribution >= 4 is 67.5 Å². The van der Waals surface area contributed by atoms with Crippen LogP contribution in [0.1, 0.15) is 40.0 Å². The Morgan fingerprint density at radius 3 is 2.50 bits per heavy atom. The van der Waals surface area contributed by atoms with Crippen molar-refractivity contribution in [2.24, 2.45) is 10.2 Å². The average Bonchev–Trinajstić information content (AvgIpc) is 3.46. The van der Waals surface area contributed by atoms with E-state index in [0.29, 0.717) is 27.1 Å². The molecule has 0 bridgehead atoms. The van der Waals surface area contributed by atoms with Crippen LogP contribution in [-0.2, 0) is 0 Å². The molecule has 1 aromatic heterocycles. The Kier molecular flexibility index (Phi) is 6.67. The second kappa shape index (κ2) is 9.70. The van der Waals surface area contributed by atoms with Crippen LogP contribution >= 0.6 is 50.7 Å². The molecule has 4 aromatic rings. The Labute approximate surface area is 219 Å². The second-order valence-corrected chi connectivity index (χ2v) is 10.3. The summed E-state index contributed by atoms with van der Waals surface area (Å²) in [7, 11) is 0. The Balaban J connectivity index is 1.46. The molecule has 2 heterocycles. The minimum Gasteiger partial charge on any atom is -0.360 e. The number of aromatic nitrogens is 1. The quantitative estimate of drug-likeness (QED) is 0.246. The van der Waals surface area contributed by atoms with Crippen LogP contribution in [-0.4, -0.2) is 16.9 Å². The lowest BCUT2D eigenvalue weighted by Crippen LogP contribution is -2.35. The first-order valence-corrected chi connectivity index (χ1v) is 12.5. The molecule has 0 fully saturated rings. The van der Waals surface area contributed by atoms with Crippen molar-refractivity contribution in [3.8, 4) is 0 Å². The van der Waals surface area contributed by atoms with E-state index >= 15 is 0 Å². The molecule has 0 saturated heterocycles. The van der Waals surface area contributed by atoms with Gasteiger partial charge in [0.05, 0.1) is 23.7 Å². The van der Waals surface area contributed by atoms with Gasteiger partial charge in [-0.25, -0.2) is 0 Å². The number of carbonyl (C=O) groups is 1. The largest absolute Gasteiger partial charge is 0.360 e. The van der Waals surface area contributed by atoms with Crippen molar-refractivity contribution in [2.75, 3.05) is 0 Å². The zero-order valence-corrected chi connectivity index (χ0v) is 21.5. The van der Waals surface area contributed by atoms with E-state index in [1.807, 2.05) is 36.4 Å². The highest BCUT2D eigenvalue weighted by atomic mass is 79.9. The molecule has 0 aliphatic carbocycles. The molecule has 0 radical (unpaired) electrons. The van der Waals surface area contributed by atoms with Gasteiger partial charge in [0.2, 0.25) is 0 Å². The van der Waals surface area contributed by atoms with Gasteiger partial charge in [0, 0.05) is 43.1 Å². The molecule has 3 unspecified atom stereocenters. The monoisotopic (exact) mass is 574 g/mol. The van der Waals surface area contributed by atoms with Gasteiger partial charge in [0.15, 0.2) is 0 Å². The van der Waals surface area contributed by atoms with Crippen LogP contribution in [0.4, 0.5) is 0 Å². The Morgan fingerprint density at radius 1 is 1.00 bits per heavy atom. The lowest BCUT2D eigenvalue weighted by Gasteiger charge is -2.24. The fraction of sp³-hybridized carbons (Fsp3) is 0.160. The molecule has 5 nitrogen and oxygen atoms in total. The highest BCUT2D eigenvalue weighted by molar-refractivity contribution is 9.10. The SMILES string of the molecule is O=C(NC(c1ccc(Cl)cc1Cl)C1CC(c2ccc(Br)cc2)N=N1)c1c[nH]c2ccc(Cl)cc12. The predicted molar refractivity (Wildman–Crippen MR) is 140 cm³/mol. The number of halogens is 4. The van der Waals surface area contributed by atoms with Crippen molar-refractivity contribution in [1.29, 1.82) is 0 Å². The first kappa shape index (κ1) is 23.4. The van der Waals surface area contributed by atoms with E-state index in [-0.39, 0.29) is 18.0 Å². The highest BCUT2D eigenvalue weighted by Gasteiger charge is 2.34. The summed E-state index contributed by atoms with van der Waals surface area (Å²) in [4.78, 5) is 16.5. The zero-order valence-electron chi connectivity index (χ0n) is 17.6. The van der Waals surface area contributed by atoms with Gasteiger partial charge in [0.1, 0.15) is 0 Å². The number of hydrogen-bond donors (Lipinski definition) is 2. The van der Waals surface area contributed by atoms with Gasteiger partial charge in [0.25, 0.3) is 5.91 Å². The molecule has 0 spiro atoms. The summed E-state index contributed by atoms with van der Waals surface area (Å²) in [5, 5.41) is 14.5. The molecule has 34 heavy (non-hydrogen) atoms. The maximum atomic E-state index is 13.4. The smallest absolute Gasteiger partial charge is 0.254 e. The van der Waals surface area contributed by atoms with E-state index in [1.165, 1.54) is 0 Å². The maximum absolute atomic E-state index is 13.4. The van der Waals surface area contributed by atoms with Crippen LogP contribution in [0, 0.1) is 0 Å². The molecule has 1 amide bonds. The molecular formula is C25H18BrCl3N4O. The van der Waals surface area contributed by atoms with Gasteiger partial charge in [-0.2, -0.15) is 10.2 Å². The number of aromatic amines is 1. The van der Waals surface area contributed by atoms with E-state index in [0.717, 1.165) is 26.5 Å². The zero-order chi connectivity index (χ0) is 23.8. The number of rotatable bonds is 5. The minimum absolute atomic E-state index is 0.101. The van der Waals surface area contributed by atoms with E-state index < -0.39 is 6.04 Å². The summed E-state index contributed by atoms with van der Waals surface area (Å²) in [6, 6.07) is 17.7. The van der Waals surface area contributed by atoms with Crippen LogP contribution in [0.15, 0.2) is 81.6 Å². The van der Waals surface area contributed by atoms with Gasteiger partial charge >= 0.3 is 0 Å². The van der Waals surface area contributed by atoms with Crippen molar-refractivity contribution in [3.05, 3.63) is 103 Å². The Hall–Kier alpha value is -2.38. The molecule has 1 aliphatic heterocycles. The van der Waals surface area contributed by atoms with E-state index in [4.69, 9.17) is 34.8 Å². The molecule has 0 saturated carbocycles. The lowest BCUT2D eigenvalue weighted by molar-refractivity contribution is 0.0932. The third kappa shape index (κ3) is 4.73. The number of H-pyrrole nitrogens is 1. The molecular weight excluding hydrogens is 559 g/mol. The van der Waals surface area contributed by atoms with Crippen molar-refractivity contribution < 1.29 is 4.79 Å².